The van der Waals surface area contributed by atoms with Crippen LogP contribution in [0.4, 0.5) is 5.82 Å². The van der Waals surface area contributed by atoms with E-state index in [4.69, 9.17) is 0 Å². The Morgan fingerprint density at radius 1 is 1.24 bits per heavy atom. The van der Waals surface area contributed by atoms with Crippen LogP contribution in [-0.2, 0) is 0 Å². The highest BCUT2D eigenvalue weighted by Gasteiger charge is 2.15. The second-order valence-corrected chi connectivity index (χ2v) is 5.74. The van der Waals surface area contributed by atoms with Crippen molar-refractivity contribution in [3.8, 4) is 0 Å². The highest BCUT2D eigenvalue weighted by atomic mass is 16.4. The third kappa shape index (κ3) is 2.99. The number of carbonyl (C=O) groups is 1. The standard InChI is InChI=1S/C17H20N2O2/c20-17(21)15-11-19-16(14-8-4-3-7-13(14)15)18-10-9-12-5-1-2-6-12/h3-4,7-8,11-12H,1-2,5-6,9-10H2,(H,18,19)(H,20,21). The highest BCUT2D eigenvalue weighted by molar-refractivity contribution is 6.06. The summed E-state index contributed by atoms with van der Waals surface area (Å²) in [6.45, 7) is 0.897. The topological polar surface area (TPSA) is 62.2 Å². The lowest BCUT2D eigenvalue weighted by Gasteiger charge is -2.12. The monoisotopic (exact) mass is 284 g/mol. The molecule has 4 nitrogen and oxygen atoms in total. The van der Waals surface area contributed by atoms with Crippen molar-refractivity contribution in [2.45, 2.75) is 32.1 Å². The number of nitrogens with one attached hydrogen (secondary N) is 1. The number of carboxylic acids is 1. The molecule has 0 radical (unpaired) electrons. The fraction of sp³-hybridized carbons (Fsp3) is 0.412. The number of aromatic carboxylic acids is 1. The van der Waals surface area contributed by atoms with E-state index in [0.717, 1.165) is 35.5 Å². The van der Waals surface area contributed by atoms with E-state index in [1.165, 1.54) is 31.9 Å². The maximum Gasteiger partial charge on any atom is 0.337 e. The Bertz CT molecular complexity index is 648. The molecule has 4 heteroatoms. The van der Waals surface area contributed by atoms with Crippen LogP contribution in [0.5, 0.6) is 0 Å². The van der Waals surface area contributed by atoms with Gasteiger partial charge in [0.1, 0.15) is 5.82 Å². The average molecular weight is 284 g/mol. The minimum Gasteiger partial charge on any atom is -0.478 e. The van der Waals surface area contributed by atoms with E-state index < -0.39 is 5.97 Å². The van der Waals surface area contributed by atoms with Crippen molar-refractivity contribution in [1.82, 2.24) is 4.98 Å². The number of rotatable bonds is 5. The minimum absolute atomic E-state index is 0.256. The summed E-state index contributed by atoms with van der Waals surface area (Å²) in [7, 11) is 0. The maximum atomic E-state index is 11.3. The zero-order valence-electron chi connectivity index (χ0n) is 12.0. The van der Waals surface area contributed by atoms with Crippen molar-refractivity contribution in [3.63, 3.8) is 0 Å². The van der Waals surface area contributed by atoms with Crippen LogP contribution in [0.25, 0.3) is 10.8 Å². The Kier molecular flexibility index (Phi) is 4.04. The largest absolute Gasteiger partial charge is 0.478 e. The molecule has 1 heterocycles. The quantitative estimate of drug-likeness (QED) is 0.873. The fourth-order valence-corrected chi connectivity index (χ4v) is 3.20. The van der Waals surface area contributed by atoms with Gasteiger partial charge in [0.05, 0.1) is 5.56 Å². The molecule has 0 spiro atoms. The van der Waals surface area contributed by atoms with Crippen LogP contribution < -0.4 is 5.32 Å². The summed E-state index contributed by atoms with van der Waals surface area (Å²) in [4.78, 5) is 15.6. The summed E-state index contributed by atoms with van der Waals surface area (Å²) in [5.74, 6) is 0.687. The van der Waals surface area contributed by atoms with Crippen LogP contribution >= 0.6 is 0 Å². The van der Waals surface area contributed by atoms with Gasteiger partial charge in [-0.2, -0.15) is 0 Å². The lowest BCUT2D eigenvalue weighted by molar-refractivity contribution is 0.0698. The molecule has 1 saturated carbocycles. The van der Waals surface area contributed by atoms with Crippen molar-refractivity contribution < 1.29 is 9.90 Å². The number of hydrogen-bond acceptors (Lipinski definition) is 3. The first-order valence-electron chi connectivity index (χ1n) is 7.60. The lowest BCUT2D eigenvalue weighted by atomic mass is 10.0. The molecule has 110 valence electrons. The maximum absolute atomic E-state index is 11.3. The number of carboxylic acid groups (broad SMARTS) is 1. The SMILES string of the molecule is O=C(O)c1cnc(NCCC2CCCC2)c2ccccc12. The van der Waals surface area contributed by atoms with Crippen molar-refractivity contribution in [3.05, 3.63) is 36.0 Å². The van der Waals surface area contributed by atoms with Gasteiger partial charge in [0.2, 0.25) is 0 Å². The molecular formula is C17H20N2O2. The summed E-state index contributed by atoms with van der Waals surface area (Å²) < 4.78 is 0. The van der Waals surface area contributed by atoms with E-state index in [0.29, 0.717) is 0 Å². The molecule has 0 atom stereocenters. The summed E-state index contributed by atoms with van der Waals surface area (Å²) >= 11 is 0. The van der Waals surface area contributed by atoms with Crippen LogP contribution in [0.1, 0.15) is 42.5 Å². The number of hydrogen-bond donors (Lipinski definition) is 2. The molecule has 0 saturated heterocycles. The fourth-order valence-electron chi connectivity index (χ4n) is 3.20. The van der Waals surface area contributed by atoms with Gasteiger partial charge in [-0.3, -0.25) is 0 Å². The molecule has 0 unspecified atom stereocenters. The average Bonchev–Trinajstić information content (AvgIpc) is 3.00. The van der Waals surface area contributed by atoms with Gasteiger partial charge < -0.3 is 10.4 Å². The summed E-state index contributed by atoms with van der Waals surface area (Å²) in [5.41, 5.74) is 0.256. The first kappa shape index (κ1) is 13.9. The van der Waals surface area contributed by atoms with Gasteiger partial charge in [-0.1, -0.05) is 49.9 Å². The number of benzene rings is 1. The van der Waals surface area contributed by atoms with Gasteiger partial charge in [-0.05, 0) is 12.3 Å². The second kappa shape index (κ2) is 6.12. The molecule has 21 heavy (non-hydrogen) atoms. The summed E-state index contributed by atoms with van der Waals surface area (Å²) in [6, 6.07) is 7.53. The van der Waals surface area contributed by atoms with E-state index in [1.54, 1.807) is 0 Å². The molecule has 2 aromatic rings. The highest BCUT2D eigenvalue weighted by Crippen LogP contribution is 2.28. The van der Waals surface area contributed by atoms with E-state index in [2.05, 4.69) is 10.3 Å². The zero-order valence-corrected chi connectivity index (χ0v) is 12.0. The second-order valence-electron chi connectivity index (χ2n) is 5.74. The first-order valence-corrected chi connectivity index (χ1v) is 7.60. The van der Waals surface area contributed by atoms with Crippen LogP contribution in [-0.4, -0.2) is 22.6 Å². The van der Waals surface area contributed by atoms with Crippen molar-refractivity contribution in [2.75, 3.05) is 11.9 Å². The van der Waals surface area contributed by atoms with Gasteiger partial charge in [-0.25, -0.2) is 9.78 Å². The van der Waals surface area contributed by atoms with E-state index in [1.807, 2.05) is 24.3 Å². The molecule has 1 aromatic heterocycles. The Morgan fingerprint density at radius 3 is 2.67 bits per heavy atom. The molecule has 0 aliphatic heterocycles. The Balaban J connectivity index is 1.79. The molecular weight excluding hydrogens is 264 g/mol. The summed E-state index contributed by atoms with van der Waals surface area (Å²) in [6.07, 6.45) is 8.01. The first-order chi connectivity index (χ1) is 10.3. The molecule has 1 aliphatic carbocycles. The third-order valence-corrected chi connectivity index (χ3v) is 4.35. The van der Waals surface area contributed by atoms with Crippen LogP contribution in [0, 0.1) is 5.92 Å². The lowest BCUT2D eigenvalue weighted by Crippen LogP contribution is -2.09. The Hall–Kier alpha value is -2.10. The molecule has 1 aromatic carbocycles. The van der Waals surface area contributed by atoms with Crippen molar-refractivity contribution in [2.24, 2.45) is 5.92 Å². The number of fused-ring (bicyclic) bond motifs is 1. The molecule has 1 fully saturated rings. The smallest absolute Gasteiger partial charge is 0.337 e. The normalized spacial score (nSPS) is 15.4. The van der Waals surface area contributed by atoms with Crippen molar-refractivity contribution >= 4 is 22.6 Å². The zero-order chi connectivity index (χ0) is 14.7. The van der Waals surface area contributed by atoms with Gasteiger partial charge in [0, 0.05) is 23.5 Å². The Labute approximate surface area is 124 Å². The molecule has 1 aliphatic rings. The van der Waals surface area contributed by atoms with Crippen molar-refractivity contribution in [1.29, 1.82) is 0 Å². The molecule has 2 N–H and O–H groups in total. The van der Waals surface area contributed by atoms with Crippen LogP contribution in [0.2, 0.25) is 0 Å². The van der Waals surface area contributed by atoms with Crippen LogP contribution in [0.15, 0.2) is 30.5 Å². The molecule has 0 amide bonds. The molecule has 0 bridgehead atoms. The number of nitrogens with zero attached hydrogens (tertiary/aromatic N) is 1. The summed E-state index contributed by atoms with van der Waals surface area (Å²) in [5, 5.41) is 14.2. The number of pyridine rings is 1. The predicted octanol–water partition coefficient (Wildman–Crippen LogP) is 3.93. The number of anilines is 1. The predicted molar refractivity (Wildman–Crippen MR) is 83.8 cm³/mol. The van der Waals surface area contributed by atoms with E-state index in [-0.39, 0.29) is 5.56 Å². The van der Waals surface area contributed by atoms with Gasteiger partial charge >= 0.3 is 5.97 Å². The third-order valence-electron chi connectivity index (χ3n) is 4.35. The van der Waals surface area contributed by atoms with Gasteiger partial charge in [-0.15, -0.1) is 0 Å². The van der Waals surface area contributed by atoms with E-state index >= 15 is 0 Å². The molecule has 3 rings (SSSR count). The number of aromatic nitrogens is 1. The van der Waals surface area contributed by atoms with Gasteiger partial charge in [0.25, 0.3) is 0 Å². The Morgan fingerprint density at radius 2 is 1.95 bits per heavy atom. The van der Waals surface area contributed by atoms with Gasteiger partial charge in [0.15, 0.2) is 0 Å². The minimum atomic E-state index is -0.934. The van der Waals surface area contributed by atoms with E-state index in [9.17, 15) is 9.90 Å². The van der Waals surface area contributed by atoms with Crippen LogP contribution in [0.3, 0.4) is 0 Å².